The molecule has 0 heterocycles. The molecule has 0 fully saturated rings. The van der Waals surface area contributed by atoms with E-state index >= 15 is 0 Å². The van der Waals surface area contributed by atoms with Crippen LogP contribution in [0.15, 0.2) is 0 Å². The molecule has 1 aromatic rings. The first-order valence-corrected chi connectivity index (χ1v) is 9.83. The predicted octanol–water partition coefficient (Wildman–Crippen LogP) is 2.27. The van der Waals surface area contributed by atoms with Crippen molar-refractivity contribution in [2.75, 3.05) is 13.2 Å². The molecule has 0 radical (unpaired) electrons. The molecule has 1 rings (SSSR count). The van der Waals surface area contributed by atoms with Gasteiger partial charge in [0, 0.05) is 13.2 Å². The third-order valence-corrected chi connectivity index (χ3v) is 2.94. The van der Waals surface area contributed by atoms with Gasteiger partial charge in [-0.3, -0.25) is 0 Å². The van der Waals surface area contributed by atoms with E-state index < -0.39 is 43.0 Å². The maximum absolute atomic E-state index is 13.1. The summed E-state index contributed by atoms with van der Waals surface area (Å²) in [5, 5.41) is 0. The zero-order valence-corrected chi connectivity index (χ0v) is 17.8. The first kappa shape index (κ1) is 24.7. The van der Waals surface area contributed by atoms with Crippen LogP contribution in [0, 0.1) is 29.1 Å². The number of ether oxygens (including phenoxy) is 1. The molecule has 0 bridgehead atoms. The molecule has 0 saturated carbocycles. The number of nitrogens with zero attached hydrogens (tertiary/aromatic N) is 1. The second-order valence-electron chi connectivity index (χ2n) is 4.98. The van der Waals surface area contributed by atoms with Crippen molar-refractivity contribution in [2.24, 2.45) is 0 Å². The Morgan fingerprint density at radius 2 is 1.09 bits per heavy atom. The smallest absolute Gasteiger partial charge is 0.682 e. The van der Waals surface area contributed by atoms with Crippen LogP contribution in [0.4, 0.5) is 27.6 Å². The Hall–Kier alpha value is 0.483. The van der Waals surface area contributed by atoms with Crippen molar-refractivity contribution in [3.63, 3.8) is 0 Å². The van der Waals surface area contributed by atoms with Gasteiger partial charge in [0.2, 0.25) is 0 Å². The van der Waals surface area contributed by atoms with Crippen LogP contribution in [-0.2, 0) is 4.74 Å². The van der Waals surface area contributed by atoms with E-state index in [9.17, 15) is 22.0 Å². The number of rotatable bonds is 4. The van der Waals surface area contributed by atoms with Crippen molar-refractivity contribution in [2.45, 2.75) is 33.5 Å². The van der Waals surface area contributed by atoms with Crippen molar-refractivity contribution >= 4 is 13.9 Å². The minimum Gasteiger partial charge on any atom is -0.682 e. The first-order chi connectivity index (χ1) is 9.56. The van der Waals surface area contributed by atoms with Gasteiger partial charge in [0.25, 0.3) is 0 Å². The second-order valence-corrected chi connectivity index (χ2v) is 9.55. The minimum absolute atomic E-state index is 0. The van der Waals surface area contributed by atoms with Gasteiger partial charge in [-0.1, -0.05) is 25.3 Å². The predicted molar refractivity (Wildman–Crippen MR) is 74.8 cm³/mol. The van der Waals surface area contributed by atoms with Gasteiger partial charge in [0.15, 0.2) is 17.5 Å². The molecule has 0 aliphatic carbocycles. The Morgan fingerprint density at radius 1 is 0.773 bits per heavy atom. The molecule has 0 amide bonds. The fraction of sp³-hybridized carbons (Fsp3) is 0.538. The summed E-state index contributed by atoms with van der Waals surface area (Å²) in [5.74, 6) is -9.84. The summed E-state index contributed by atoms with van der Waals surface area (Å²) >= 11 is 0. The fourth-order valence-corrected chi connectivity index (χ4v) is 2.10. The third-order valence-electron chi connectivity index (χ3n) is 2.04. The molecular formula is C13H19F5KNOSi. The average Bonchev–Trinajstić information content (AvgIpc) is 2.40. The van der Waals surface area contributed by atoms with Gasteiger partial charge < -0.3 is 9.72 Å². The van der Waals surface area contributed by atoms with Crippen molar-refractivity contribution < 1.29 is 78.1 Å². The molecule has 0 aliphatic heterocycles. The van der Waals surface area contributed by atoms with Crippen LogP contribution in [-0.4, -0.2) is 21.4 Å². The van der Waals surface area contributed by atoms with E-state index in [-0.39, 0.29) is 51.4 Å². The molecule has 122 valence electrons. The first-order valence-electron chi connectivity index (χ1n) is 6.38. The minimum atomic E-state index is -2.33. The summed E-state index contributed by atoms with van der Waals surface area (Å²) in [4.78, 5) is 3.60. The molecule has 22 heavy (non-hydrogen) atoms. The summed E-state index contributed by atoms with van der Waals surface area (Å²) < 4.78 is 69.3. The number of hydrogen-bond donors (Lipinski definition) is 0. The number of benzene rings is 1. The Morgan fingerprint density at radius 3 is 1.32 bits per heavy atom. The normalized spacial score (nSPS) is 10.5. The largest absolute Gasteiger partial charge is 1.00 e. The summed E-state index contributed by atoms with van der Waals surface area (Å²) in [5.41, 5.74) is -1.07. The summed E-state index contributed by atoms with van der Waals surface area (Å²) in [6, 6.07) is 0. The van der Waals surface area contributed by atoms with E-state index in [1.807, 2.05) is 13.8 Å². The summed E-state index contributed by atoms with van der Waals surface area (Å²) in [7, 11) is -2.33. The molecule has 0 aromatic heterocycles. The fourth-order valence-electron chi connectivity index (χ4n) is 1.23. The molecule has 9 heteroatoms. The Bertz CT molecular complexity index is 451. The molecule has 0 atom stereocenters. The van der Waals surface area contributed by atoms with E-state index in [2.05, 4.69) is 4.98 Å². The van der Waals surface area contributed by atoms with E-state index in [0.717, 1.165) is 13.2 Å². The van der Waals surface area contributed by atoms with Gasteiger partial charge in [0.1, 0.15) is 11.6 Å². The van der Waals surface area contributed by atoms with E-state index in [4.69, 9.17) is 4.74 Å². The Kier molecular flexibility index (Phi) is 12.5. The quantitative estimate of drug-likeness (QED) is 0.347. The molecule has 0 N–H and O–H groups in total. The standard InChI is InChI=1S/C9H9F5NSi.C4H10O.K/c1-16(2,3)15-9-7(13)5(11)4(10)6(12)8(9)14;1-3-5-4-2;/h1-3H3;3-4H2,1-2H3;/q-1;;+1. The second kappa shape index (κ2) is 11.1. The van der Waals surface area contributed by atoms with Crippen molar-refractivity contribution in [1.82, 2.24) is 0 Å². The summed E-state index contributed by atoms with van der Waals surface area (Å²) in [6.45, 7) is 10.5. The number of halogens is 5. The van der Waals surface area contributed by atoms with Gasteiger partial charge in [-0.2, -0.15) is 0 Å². The molecule has 0 saturated heterocycles. The molecular weight excluding hydrogens is 348 g/mol. The van der Waals surface area contributed by atoms with Crippen LogP contribution in [0.3, 0.4) is 0 Å². The van der Waals surface area contributed by atoms with E-state index in [1.54, 1.807) is 19.6 Å². The molecule has 0 aliphatic rings. The van der Waals surface area contributed by atoms with Gasteiger partial charge >= 0.3 is 51.4 Å². The van der Waals surface area contributed by atoms with Crippen LogP contribution in [0.1, 0.15) is 13.8 Å². The van der Waals surface area contributed by atoms with Gasteiger partial charge in [0.05, 0.1) is 0 Å². The topological polar surface area (TPSA) is 23.3 Å². The maximum Gasteiger partial charge on any atom is 1.00 e. The molecule has 1 aromatic carbocycles. The van der Waals surface area contributed by atoms with Crippen molar-refractivity contribution in [3.05, 3.63) is 34.1 Å². The monoisotopic (exact) mass is 367 g/mol. The van der Waals surface area contributed by atoms with Crippen LogP contribution in [0.2, 0.25) is 19.6 Å². The van der Waals surface area contributed by atoms with Crippen LogP contribution in [0.25, 0.3) is 4.98 Å². The average molecular weight is 367 g/mol. The SMILES string of the molecule is CCOCC.C[Si](C)(C)[N-]c1c(F)c(F)c(F)c(F)c1F.[K+]. The number of hydrogen-bond acceptors (Lipinski definition) is 1. The van der Waals surface area contributed by atoms with Crippen LogP contribution >= 0.6 is 0 Å². The molecule has 2 nitrogen and oxygen atoms in total. The van der Waals surface area contributed by atoms with Gasteiger partial charge in [-0.15, -0.1) is 0 Å². The van der Waals surface area contributed by atoms with Crippen molar-refractivity contribution in [1.29, 1.82) is 0 Å². The summed E-state index contributed by atoms with van der Waals surface area (Å²) in [6.07, 6.45) is 0. The van der Waals surface area contributed by atoms with E-state index in [0.29, 0.717) is 0 Å². The van der Waals surface area contributed by atoms with Crippen LogP contribution in [0.5, 0.6) is 0 Å². The van der Waals surface area contributed by atoms with Crippen LogP contribution < -0.4 is 51.4 Å². The van der Waals surface area contributed by atoms with E-state index in [1.165, 1.54) is 0 Å². The Labute approximate surface area is 171 Å². The van der Waals surface area contributed by atoms with Gasteiger partial charge in [-0.25, -0.2) is 22.0 Å². The molecule has 0 unspecified atom stereocenters. The van der Waals surface area contributed by atoms with Crippen molar-refractivity contribution in [3.8, 4) is 0 Å². The molecule has 0 spiro atoms. The third kappa shape index (κ3) is 7.84. The zero-order chi connectivity index (χ0) is 16.8. The maximum atomic E-state index is 13.1. The Balaban J connectivity index is 0. The zero-order valence-electron chi connectivity index (χ0n) is 13.7. The van der Waals surface area contributed by atoms with Gasteiger partial charge in [-0.05, 0) is 22.1 Å².